The number of aliphatic hydroxyl groups is 1. The molecule has 0 aromatic carbocycles. The molecule has 1 nitrogen and oxygen atoms in total. The predicted molar refractivity (Wildman–Crippen MR) is 63.7 cm³/mol. The zero-order valence-electron chi connectivity index (χ0n) is 10.3. The molecule has 0 aromatic rings. The van der Waals surface area contributed by atoms with Crippen LogP contribution in [0.2, 0.25) is 0 Å². The Morgan fingerprint density at radius 3 is 2.80 bits per heavy atom. The van der Waals surface area contributed by atoms with E-state index in [1.165, 1.54) is 19.3 Å². The van der Waals surface area contributed by atoms with Gasteiger partial charge in [0.25, 0.3) is 0 Å². The molecule has 0 radical (unpaired) electrons. The highest BCUT2D eigenvalue weighted by molar-refractivity contribution is 5.27. The van der Waals surface area contributed by atoms with Gasteiger partial charge >= 0.3 is 0 Å². The fourth-order valence-corrected chi connectivity index (χ4v) is 4.06. The predicted octanol–water partition coefficient (Wildman–Crippen LogP) is 3.67. The fourth-order valence-electron chi connectivity index (χ4n) is 4.06. The maximum absolute atomic E-state index is 10.1. The van der Waals surface area contributed by atoms with E-state index in [0.29, 0.717) is 11.3 Å². The smallest absolute Gasteiger partial charge is 0.0579 e. The number of aliphatic hydroxyl groups excluding tert-OH is 1. The van der Waals surface area contributed by atoms with Crippen LogP contribution in [-0.2, 0) is 0 Å². The molecule has 15 heavy (non-hydrogen) atoms. The highest BCUT2D eigenvalue weighted by Gasteiger charge is 2.45. The minimum Gasteiger partial charge on any atom is -0.393 e. The Balaban J connectivity index is 2.38. The summed E-state index contributed by atoms with van der Waals surface area (Å²) in [4.78, 5) is 0. The van der Waals surface area contributed by atoms with E-state index < -0.39 is 0 Å². The molecule has 0 saturated heterocycles. The van der Waals surface area contributed by atoms with Gasteiger partial charge in [0, 0.05) is 0 Å². The van der Waals surface area contributed by atoms with Gasteiger partial charge < -0.3 is 5.11 Å². The van der Waals surface area contributed by atoms with Crippen molar-refractivity contribution < 1.29 is 5.11 Å². The van der Waals surface area contributed by atoms with Crippen molar-refractivity contribution in [3.63, 3.8) is 0 Å². The quantitative estimate of drug-likeness (QED) is 0.652. The summed E-state index contributed by atoms with van der Waals surface area (Å²) in [5.74, 6) is 0.497. The topological polar surface area (TPSA) is 20.2 Å². The first-order valence-electron chi connectivity index (χ1n) is 6.46. The van der Waals surface area contributed by atoms with Gasteiger partial charge in [-0.1, -0.05) is 31.4 Å². The molecule has 3 atom stereocenters. The standard InChI is InChI=1S/C14H24O/c1-4-11-13(15)8-7-12-10(2)6-5-9-14(11,12)3/h11,13,15H,4-9H2,1-3H3/t11-,13+,14?/m0/s1. The summed E-state index contributed by atoms with van der Waals surface area (Å²) < 4.78 is 0. The van der Waals surface area contributed by atoms with Gasteiger partial charge in [-0.25, -0.2) is 0 Å². The molecular weight excluding hydrogens is 184 g/mol. The van der Waals surface area contributed by atoms with Gasteiger partial charge in [-0.15, -0.1) is 0 Å². The van der Waals surface area contributed by atoms with Crippen LogP contribution in [-0.4, -0.2) is 11.2 Å². The molecule has 0 aliphatic heterocycles. The molecule has 0 aromatic heterocycles. The van der Waals surface area contributed by atoms with E-state index in [1.54, 1.807) is 11.1 Å². The summed E-state index contributed by atoms with van der Waals surface area (Å²) in [6.45, 7) is 6.92. The van der Waals surface area contributed by atoms with E-state index in [9.17, 15) is 5.11 Å². The van der Waals surface area contributed by atoms with E-state index in [0.717, 1.165) is 19.3 Å². The first-order valence-corrected chi connectivity index (χ1v) is 6.46. The number of fused-ring (bicyclic) bond motifs is 1. The average molecular weight is 208 g/mol. The number of hydrogen-bond donors (Lipinski definition) is 1. The van der Waals surface area contributed by atoms with Crippen molar-refractivity contribution in [1.29, 1.82) is 0 Å². The Morgan fingerprint density at radius 1 is 1.40 bits per heavy atom. The van der Waals surface area contributed by atoms with Gasteiger partial charge in [0.05, 0.1) is 6.10 Å². The molecule has 0 bridgehead atoms. The SMILES string of the molecule is CC[C@H]1[C@H](O)CCC2=C(C)CCCC21C. The third-order valence-electron chi connectivity index (χ3n) is 4.87. The molecule has 0 heterocycles. The van der Waals surface area contributed by atoms with Crippen molar-refractivity contribution >= 4 is 0 Å². The number of allylic oxidation sites excluding steroid dienone is 2. The molecule has 2 aliphatic rings. The van der Waals surface area contributed by atoms with Crippen molar-refractivity contribution in [2.24, 2.45) is 11.3 Å². The first kappa shape index (κ1) is 11.2. The largest absolute Gasteiger partial charge is 0.393 e. The van der Waals surface area contributed by atoms with Gasteiger partial charge in [0.2, 0.25) is 0 Å². The summed E-state index contributed by atoms with van der Waals surface area (Å²) in [5.41, 5.74) is 3.62. The molecule has 2 aliphatic carbocycles. The molecule has 0 spiro atoms. The normalized spacial score (nSPS) is 41.6. The van der Waals surface area contributed by atoms with E-state index in [2.05, 4.69) is 20.8 Å². The lowest BCUT2D eigenvalue weighted by Gasteiger charge is -2.49. The van der Waals surface area contributed by atoms with Crippen LogP contribution in [0.4, 0.5) is 0 Å². The van der Waals surface area contributed by atoms with Gasteiger partial charge in [-0.2, -0.15) is 0 Å². The minimum atomic E-state index is -0.0605. The van der Waals surface area contributed by atoms with Crippen molar-refractivity contribution in [3.8, 4) is 0 Å². The summed E-state index contributed by atoms with van der Waals surface area (Å²) >= 11 is 0. The Bertz CT molecular complexity index is 279. The Morgan fingerprint density at radius 2 is 2.13 bits per heavy atom. The number of hydrogen-bond acceptors (Lipinski definition) is 1. The summed E-state index contributed by atoms with van der Waals surface area (Å²) in [5, 5.41) is 10.1. The van der Waals surface area contributed by atoms with Crippen LogP contribution in [0.25, 0.3) is 0 Å². The van der Waals surface area contributed by atoms with Crippen molar-refractivity contribution in [2.75, 3.05) is 0 Å². The lowest BCUT2D eigenvalue weighted by molar-refractivity contribution is 0.00273. The van der Waals surface area contributed by atoms with Crippen LogP contribution in [0.15, 0.2) is 11.1 Å². The van der Waals surface area contributed by atoms with E-state index in [-0.39, 0.29) is 6.10 Å². The molecule has 1 heteroatoms. The van der Waals surface area contributed by atoms with Crippen molar-refractivity contribution in [2.45, 2.75) is 65.4 Å². The lowest BCUT2D eigenvalue weighted by Crippen LogP contribution is -2.43. The van der Waals surface area contributed by atoms with Crippen molar-refractivity contribution in [1.82, 2.24) is 0 Å². The second-order valence-corrected chi connectivity index (χ2v) is 5.65. The number of rotatable bonds is 1. The maximum atomic E-state index is 10.1. The van der Waals surface area contributed by atoms with Crippen LogP contribution in [0.5, 0.6) is 0 Å². The summed E-state index contributed by atoms with van der Waals surface area (Å²) in [6.07, 6.45) is 7.08. The maximum Gasteiger partial charge on any atom is 0.0579 e. The van der Waals surface area contributed by atoms with Gasteiger partial charge in [-0.3, -0.25) is 0 Å². The zero-order chi connectivity index (χ0) is 11.1. The van der Waals surface area contributed by atoms with E-state index in [4.69, 9.17) is 0 Å². The summed E-state index contributed by atoms with van der Waals surface area (Å²) in [7, 11) is 0. The molecule has 1 N–H and O–H groups in total. The molecule has 0 amide bonds. The molecule has 1 fully saturated rings. The lowest BCUT2D eigenvalue weighted by atomic mass is 9.57. The fraction of sp³-hybridized carbons (Fsp3) is 0.857. The second-order valence-electron chi connectivity index (χ2n) is 5.65. The van der Waals surface area contributed by atoms with Crippen LogP contribution >= 0.6 is 0 Å². The monoisotopic (exact) mass is 208 g/mol. The van der Waals surface area contributed by atoms with Crippen LogP contribution in [0.3, 0.4) is 0 Å². The highest BCUT2D eigenvalue weighted by Crippen LogP contribution is 2.53. The van der Waals surface area contributed by atoms with Gasteiger partial charge in [0.15, 0.2) is 0 Å². The Hall–Kier alpha value is -0.300. The van der Waals surface area contributed by atoms with Gasteiger partial charge in [-0.05, 0) is 50.4 Å². The molecule has 1 saturated carbocycles. The average Bonchev–Trinajstić information content (AvgIpc) is 2.17. The molecule has 1 unspecified atom stereocenters. The third-order valence-corrected chi connectivity index (χ3v) is 4.87. The highest BCUT2D eigenvalue weighted by atomic mass is 16.3. The molecular formula is C14H24O. The first-order chi connectivity index (χ1) is 7.09. The molecule has 2 rings (SSSR count). The summed E-state index contributed by atoms with van der Waals surface area (Å²) in [6, 6.07) is 0. The minimum absolute atomic E-state index is 0.0605. The van der Waals surface area contributed by atoms with Crippen LogP contribution in [0, 0.1) is 11.3 Å². The second kappa shape index (κ2) is 3.93. The van der Waals surface area contributed by atoms with Crippen LogP contribution < -0.4 is 0 Å². The van der Waals surface area contributed by atoms with E-state index in [1.807, 2.05) is 0 Å². The Labute approximate surface area is 93.6 Å². The van der Waals surface area contributed by atoms with Crippen LogP contribution in [0.1, 0.15) is 59.3 Å². The van der Waals surface area contributed by atoms with E-state index >= 15 is 0 Å². The van der Waals surface area contributed by atoms with Crippen molar-refractivity contribution in [3.05, 3.63) is 11.1 Å². The Kier molecular flexibility index (Phi) is 2.94. The zero-order valence-corrected chi connectivity index (χ0v) is 10.3. The van der Waals surface area contributed by atoms with Gasteiger partial charge in [0.1, 0.15) is 0 Å². The third kappa shape index (κ3) is 1.65. The molecule has 86 valence electrons.